The van der Waals surface area contributed by atoms with Gasteiger partial charge in [-0.05, 0) is 83.2 Å². The van der Waals surface area contributed by atoms with E-state index in [2.05, 4.69) is 36.6 Å². The average molecular weight is 621 g/mol. The molecule has 1 fully saturated rings. The van der Waals surface area contributed by atoms with Crippen molar-refractivity contribution >= 4 is 29.5 Å². The molecule has 0 radical (unpaired) electrons. The molecule has 0 bridgehead atoms. The highest BCUT2D eigenvalue weighted by atomic mass is 16.5. The van der Waals surface area contributed by atoms with Crippen molar-refractivity contribution in [3.63, 3.8) is 0 Å². The van der Waals surface area contributed by atoms with Crippen molar-refractivity contribution in [3.8, 4) is 0 Å². The third kappa shape index (κ3) is 10.9. The smallest absolute Gasteiger partial charge is 0.338 e. The number of guanidine groups is 3. The molecule has 1 saturated heterocycles. The second kappa shape index (κ2) is 17.1. The molecule has 0 saturated carbocycles. The highest BCUT2D eigenvalue weighted by Gasteiger charge is 2.44. The van der Waals surface area contributed by atoms with Gasteiger partial charge in [-0.15, -0.1) is 0 Å². The number of aliphatic imine (C=N–C) groups is 3. The van der Waals surface area contributed by atoms with E-state index in [4.69, 9.17) is 27.7 Å². The quantitative estimate of drug-likeness (QED) is 0.0631. The number of anilines is 1. The summed E-state index contributed by atoms with van der Waals surface area (Å²) in [6.07, 6.45) is 8.73. The molecule has 0 spiro atoms. The molecule has 0 aromatic heterocycles. The van der Waals surface area contributed by atoms with Gasteiger partial charge < -0.3 is 43.2 Å². The van der Waals surface area contributed by atoms with Crippen molar-refractivity contribution in [2.75, 3.05) is 44.6 Å². The number of nitrogens with zero attached hydrogens (tertiary/aromatic N) is 4. The standard InChI is InChI=1S/C33H52N10O2/c1-21(2)10-15-40-32(36)39-14-6-7-27-25-13-18-43(33(37)41-16-11-22(3)4)29(25)26-19-24(8-9-28(26)42-27)30(44)45-20-23(5)12-17-38-31(34)35/h8-12,19,25,27,29,42H,6-7,13-18,20H2,1-5H3,(H2,37,41)(H4,34,35,38)(H3,36,39,40)/b23-12+. The van der Waals surface area contributed by atoms with E-state index in [1.54, 1.807) is 6.07 Å². The Morgan fingerprint density at radius 3 is 2.38 bits per heavy atom. The molecule has 45 heavy (non-hydrogen) atoms. The van der Waals surface area contributed by atoms with Crippen LogP contribution in [0.3, 0.4) is 0 Å². The average Bonchev–Trinajstić information content (AvgIpc) is 3.43. The Kier molecular flexibility index (Phi) is 13.3. The molecule has 12 nitrogen and oxygen atoms in total. The summed E-state index contributed by atoms with van der Waals surface area (Å²) in [5.41, 5.74) is 29.2. The molecule has 12 heteroatoms. The molecule has 0 amide bonds. The van der Waals surface area contributed by atoms with Crippen molar-refractivity contribution in [3.05, 3.63) is 64.3 Å². The number of hydrogen-bond acceptors (Lipinski definition) is 6. The molecule has 3 atom stereocenters. The lowest BCUT2D eigenvalue weighted by Gasteiger charge is -2.40. The van der Waals surface area contributed by atoms with Crippen LogP contribution in [0.4, 0.5) is 5.69 Å². The van der Waals surface area contributed by atoms with E-state index in [0.29, 0.717) is 37.1 Å². The molecule has 1 aromatic carbocycles. The number of ether oxygens (including phenoxy) is 1. The molecule has 246 valence electrons. The predicted octanol–water partition coefficient (Wildman–Crippen LogP) is 3.15. The first-order chi connectivity index (χ1) is 21.5. The Morgan fingerprint density at radius 2 is 1.69 bits per heavy atom. The molecule has 2 aliphatic rings. The van der Waals surface area contributed by atoms with Crippen LogP contribution in [-0.4, -0.2) is 74.1 Å². The highest BCUT2D eigenvalue weighted by Crippen LogP contribution is 2.47. The number of rotatable bonds is 13. The number of nitrogens with one attached hydrogen (secondary N) is 2. The normalized spacial score (nSPS) is 19.5. The van der Waals surface area contributed by atoms with Crippen LogP contribution in [0.5, 0.6) is 0 Å². The lowest BCUT2D eigenvalue weighted by molar-refractivity contribution is 0.0539. The van der Waals surface area contributed by atoms with E-state index < -0.39 is 5.97 Å². The first kappa shape index (κ1) is 35.0. The van der Waals surface area contributed by atoms with Crippen LogP contribution in [0.15, 0.2) is 68.1 Å². The number of likely N-dealkylation sites (tertiary alicyclic amines) is 1. The van der Waals surface area contributed by atoms with Crippen LogP contribution in [0.25, 0.3) is 0 Å². The number of fused-ring (bicyclic) bond motifs is 3. The van der Waals surface area contributed by atoms with Gasteiger partial charge in [-0.25, -0.2) is 19.8 Å². The van der Waals surface area contributed by atoms with Crippen LogP contribution in [0, 0.1) is 5.92 Å². The SMILES string of the molecule is CC(C)=CCN=C(N)NCCCC1Nc2ccc(C(=O)OC/C(C)=C/CN=C(N)N)cc2C2C1CCN2C(N)=NCC=C(C)C. The minimum Gasteiger partial charge on any atom is -0.458 e. The summed E-state index contributed by atoms with van der Waals surface area (Å²) in [5.74, 6) is 0.882. The fourth-order valence-electron chi connectivity index (χ4n) is 5.51. The van der Waals surface area contributed by atoms with Gasteiger partial charge in [-0.2, -0.15) is 0 Å². The van der Waals surface area contributed by atoms with E-state index >= 15 is 0 Å². The first-order valence-corrected chi connectivity index (χ1v) is 15.6. The molecule has 0 aliphatic carbocycles. The van der Waals surface area contributed by atoms with Crippen LogP contribution < -0.4 is 33.6 Å². The number of carbonyl (C=O) groups is 1. The second-order valence-electron chi connectivity index (χ2n) is 12.1. The van der Waals surface area contributed by atoms with Gasteiger partial charge in [-0.3, -0.25) is 0 Å². The van der Waals surface area contributed by atoms with E-state index in [1.165, 1.54) is 11.1 Å². The van der Waals surface area contributed by atoms with Gasteiger partial charge in [0.15, 0.2) is 17.9 Å². The van der Waals surface area contributed by atoms with Crippen LogP contribution in [0.2, 0.25) is 0 Å². The first-order valence-electron chi connectivity index (χ1n) is 15.6. The van der Waals surface area contributed by atoms with Crippen LogP contribution >= 0.6 is 0 Å². The molecule has 2 heterocycles. The van der Waals surface area contributed by atoms with Crippen molar-refractivity contribution in [2.45, 2.75) is 66.0 Å². The zero-order valence-corrected chi connectivity index (χ0v) is 27.5. The summed E-state index contributed by atoms with van der Waals surface area (Å²) in [5, 5.41) is 6.99. The lowest BCUT2D eigenvalue weighted by atomic mass is 9.80. The lowest BCUT2D eigenvalue weighted by Crippen LogP contribution is -2.44. The van der Waals surface area contributed by atoms with Gasteiger partial charge in [-0.1, -0.05) is 29.4 Å². The zero-order chi connectivity index (χ0) is 32.9. The number of benzene rings is 1. The summed E-state index contributed by atoms with van der Waals surface area (Å²) in [6.45, 7) is 13.1. The Morgan fingerprint density at radius 1 is 1.00 bits per heavy atom. The summed E-state index contributed by atoms with van der Waals surface area (Å²) in [4.78, 5) is 28.2. The molecule has 2 aliphatic heterocycles. The van der Waals surface area contributed by atoms with E-state index in [9.17, 15) is 4.79 Å². The van der Waals surface area contributed by atoms with E-state index in [1.807, 2.05) is 58.9 Å². The van der Waals surface area contributed by atoms with Crippen molar-refractivity contribution in [2.24, 2.45) is 43.8 Å². The molecule has 3 unspecified atom stereocenters. The van der Waals surface area contributed by atoms with Crippen molar-refractivity contribution in [1.82, 2.24) is 10.2 Å². The largest absolute Gasteiger partial charge is 0.458 e. The third-order valence-electron chi connectivity index (χ3n) is 7.86. The zero-order valence-electron chi connectivity index (χ0n) is 27.5. The Labute approximate surface area is 267 Å². The summed E-state index contributed by atoms with van der Waals surface area (Å²) < 4.78 is 5.60. The van der Waals surface area contributed by atoms with Gasteiger partial charge >= 0.3 is 5.97 Å². The van der Waals surface area contributed by atoms with Gasteiger partial charge in [0.05, 0.1) is 31.2 Å². The molecule has 10 N–H and O–H groups in total. The fourth-order valence-corrected chi connectivity index (χ4v) is 5.51. The number of carbonyl (C=O) groups excluding carboxylic acids is 1. The van der Waals surface area contributed by atoms with Gasteiger partial charge in [0.25, 0.3) is 0 Å². The highest BCUT2D eigenvalue weighted by molar-refractivity contribution is 5.91. The summed E-state index contributed by atoms with van der Waals surface area (Å²) >= 11 is 0. The van der Waals surface area contributed by atoms with Crippen LogP contribution in [0.1, 0.15) is 75.8 Å². The molecular weight excluding hydrogens is 568 g/mol. The minimum absolute atomic E-state index is 0.0145. The number of hydrogen-bond donors (Lipinski definition) is 6. The maximum absolute atomic E-state index is 13.1. The number of allylic oxidation sites excluding steroid dienone is 2. The van der Waals surface area contributed by atoms with Gasteiger partial charge in [0, 0.05) is 30.7 Å². The Hall–Kier alpha value is -4.48. The van der Waals surface area contributed by atoms with Crippen molar-refractivity contribution in [1.29, 1.82) is 0 Å². The monoisotopic (exact) mass is 620 g/mol. The minimum atomic E-state index is -0.393. The summed E-state index contributed by atoms with van der Waals surface area (Å²) in [7, 11) is 0. The topological polar surface area (TPSA) is 195 Å². The Balaban J connectivity index is 1.77. The second-order valence-corrected chi connectivity index (χ2v) is 12.1. The van der Waals surface area contributed by atoms with Crippen LogP contribution in [-0.2, 0) is 4.74 Å². The molecule has 3 rings (SSSR count). The molecule has 1 aromatic rings. The van der Waals surface area contributed by atoms with Gasteiger partial charge in [0.2, 0.25) is 0 Å². The number of nitrogens with two attached hydrogens (primary N) is 4. The molecular formula is C33H52N10O2. The maximum atomic E-state index is 13.1. The maximum Gasteiger partial charge on any atom is 0.338 e. The van der Waals surface area contributed by atoms with E-state index in [-0.39, 0.29) is 30.6 Å². The number of esters is 1. The third-order valence-corrected chi connectivity index (χ3v) is 7.86. The summed E-state index contributed by atoms with van der Waals surface area (Å²) in [6, 6.07) is 5.92. The predicted molar refractivity (Wildman–Crippen MR) is 185 cm³/mol. The van der Waals surface area contributed by atoms with E-state index in [0.717, 1.165) is 49.2 Å². The Bertz CT molecular complexity index is 1350. The fraction of sp³-hybridized carbons (Fsp3) is 0.515. The van der Waals surface area contributed by atoms with Crippen molar-refractivity contribution < 1.29 is 9.53 Å². The van der Waals surface area contributed by atoms with Gasteiger partial charge in [0.1, 0.15) is 6.61 Å².